The van der Waals surface area contributed by atoms with E-state index in [2.05, 4.69) is 21.2 Å². The van der Waals surface area contributed by atoms with E-state index in [0.717, 1.165) is 28.6 Å². The molecule has 0 bridgehead atoms. The van der Waals surface area contributed by atoms with Crippen LogP contribution in [0.2, 0.25) is 0 Å². The maximum atomic E-state index is 12.2. The molecule has 0 spiro atoms. The standard InChI is InChI=1S/C15H20BrNO3/c1-10(11-5-6-13(20-2)12(16)9-11)17-14(18)15(19)7-3-4-8-15/h5-6,9-10,19H,3-4,7-8H2,1-2H3,(H,17,18). The average Bonchev–Trinajstić information content (AvgIpc) is 2.87. The quantitative estimate of drug-likeness (QED) is 0.885. The van der Waals surface area contributed by atoms with Gasteiger partial charge in [0.15, 0.2) is 0 Å². The average molecular weight is 342 g/mol. The molecule has 2 N–H and O–H groups in total. The van der Waals surface area contributed by atoms with E-state index in [1.165, 1.54) is 0 Å². The van der Waals surface area contributed by atoms with E-state index in [1.54, 1.807) is 7.11 Å². The molecule has 0 saturated heterocycles. The third kappa shape index (κ3) is 3.15. The van der Waals surface area contributed by atoms with Gasteiger partial charge in [-0.15, -0.1) is 0 Å². The van der Waals surface area contributed by atoms with Crippen molar-refractivity contribution in [3.05, 3.63) is 28.2 Å². The van der Waals surface area contributed by atoms with E-state index in [-0.39, 0.29) is 11.9 Å². The number of aliphatic hydroxyl groups is 1. The number of carbonyl (C=O) groups excluding carboxylic acids is 1. The Morgan fingerprint density at radius 2 is 2.10 bits per heavy atom. The number of benzene rings is 1. The highest BCUT2D eigenvalue weighted by molar-refractivity contribution is 9.10. The molecule has 1 aliphatic rings. The Balaban J connectivity index is 2.06. The maximum Gasteiger partial charge on any atom is 0.252 e. The van der Waals surface area contributed by atoms with Crippen LogP contribution in [0.15, 0.2) is 22.7 Å². The van der Waals surface area contributed by atoms with Gasteiger partial charge in [0, 0.05) is 0 Å². The highest BCUT2D eigenvalue weighted by Gasteiger charge is 2.39. The van der Waals surface area contributed by atoms with E-state index >= 15 is 0 Å². The van der Waals surface area contributed by atoms with Crippen LogP contribution in [0.3, 0.4) is 0 Å². The molecule has 2 rings (SSSR count). The lowest BCUT2D eigenvalue weighted by molar-refractivity contribution is -0.139. The first-order chi connectivity index (χ1) is 9.46. The number of ether oxygens (including phenoxy) is 1. The number of rotatable bonds is 4. The smallest absolute Gasteiger partial charge is 0.252 e. The van der Waals surface area contributed by atoms with Crippen molar-refractivity contribution in [2.45, 2.75) is 44.2 Å². The van der Waals surface area contributed by atoms with Crippen molar-refractivity contribution < 1.29 is 14.6 Å². The Hall–Kier alpha value is -1.07. The van der Waals surface area contributed by atoms with Crippen LogP contribution in [-0.2, 0) is 4.79 Å². The molecule has 1 amide bonds. The van der Waals surface area contributed by atoms with Crippen LogP contribution in [0.5, 0.6) is 5.75 Å². The highest BCUT2D eigenvalue weighted by atomic mass is 79.9. The zero-order valence-corrected chi connectivity index (χ0v) is 13.4. The Bertz CT molecular complexity index is 498. The summed E-state index contributed by atoms with van der Waals surface area (Å²) in [6.45, 7) is 1.91. The fourth-order valence-electron chi connectivity index (χ4n) is 2.55. The predicted octanol–water partition coefficient (Wildman–Crippen LogP) is 2.94. The molecule has 0 aliphatic heterocycles. The van der Waals surface area contributed by atoms with Gasteiger partial charge >= 0.3 is 0 Å². The first-order valence-corrected chi connectivity index (χ1v) is 7.62. The van der Waals surface area contributed by atoms with E-state index in [1.807, 2.05) is 25.1 Å². The molecule has 1 aromatic carbocycles. The van der Waals surface area contributed by atoms with Crippen molar-refractivity contribution >= 4 is 21.8 Å². The Morgan fingerprint density at radius 3 is 2.65 bits per heavy atom. The Morgan fingerprint density at radius 1 is 1.45 bits per heavy atom. The lowest BCUT2D eigenvalue weighted by atomic mass is 10.00. The molecule has 4 nitrogen and oxygen atoms in total. The highest BCUT2D eigenvalue weighted by Crippen LogP contribution is 2.31. The summed E-state index contributed by atoms with van der Waals surface area (Å²) >= 11 is 3.43. The van der Waals surface area contributed by atoms with Crippen molar-refractivity contribution in [1.82, 2.24) is 5.32 Å². The summed E-state index contributed by atoms with van der Waals surface area (Å²) < 4.78 is 6.03. The zero-order chi connectivity index (χ0) is 14.8. The molecule has 20 heavy (non-hydrogen) atoms. The number of carbonyl (C=O) groups is 1. The van der Waals surface area contributed by atoms with Gasteiger partial charge in [0.2, 0.25) is 0 Å². The van der Waals surface area contributed by atoms with Crippen molar-refractivity contribution in [2.24, 2.45) is 0 Å². The van der Waals surface area contributed by atoms with E-state index in [9.17, 15) is 9.90 Å². The normalized spacial score (nSPS) is 18.6. The summed E-state index contributed by atoms with van der Waals surface area (Å²) in [5.41, 5.74) is -0.217. The van der Waals surface area contributed by atoms with Gasteiger partial charge in [-0.2, -0.15) is 0 Å². The van der Waals surface area contributed by atoms with E-state index in [4.69, 9.17) is 4.74 Å². The van der Waals surface area contributed by atoms with Crippen LogP contribution in [0.1, 0.15) is 44.2 Å². The predicted molar refractivity (Wildman–Crippen MR) is 80.7 cm³/mol. The van der Waals surface area contributed by atoms with Crippen LogP contribution >= 0.6 is 15.9 Å². The number of nitrogens with one attached hydrogen (secondary N) is 1. The Kier molecular flexibility index (Phi) is 4.70. The topological polar surface area (TPSA) is 58.6 Å². The monoisotopic (exact) mass is 341 g/mol. The van der Waals surface area contributed by atoms with Crippen LogP contribution in [0.25, 0.3) is 0 Å². The molecule has 0 heterocycles. The van der Waals surface area contributed by atoms with Crippen molar-refractivity contribution in [3.8, 4) is 5.75 Å². The number of methoxy groups -OCH3 is 1. The third-order valence-corrected chi connectivity index (χ3v) is 4.50. The molecule has 1 fully saturated rings. The summed E-state index contributed by atoms with van der Waals surface area (Å²) in [6.07, 6.45) is 2.93. The maximum absolute atomic E-state index is 12.2. The summed E-state index contributed by atoms with van der Waals surface area (Å²) in [5, 5.41) is 13.1. The third-order valence-electron chi connectivity index (χ3n) is 3.88. The Labute approximate surface area is 127 Å². The van der Waals surface area contributed by atoms with Crippen molar-refractivity contribution in [1.29, 1.82) is 0 Å². The molecule has 1 atom stereocenters. The van der Waals surface area contributed by atoms with Crippen LogP contribution < -0.4 is 10.1 Å². The molecular weight excluding hydrogens is 322 g/mol. The van der Waals surface area contributed by atoms with Gasteiger partial charge in [-0.1, -0.05) is 6.07 Å². The second-order valence-electron chi connectivity index (χ2n) is 5.33. The number of halogens is 1. The largest absolute Gasteiger partial charge is 0.496 e. The molecule has 0 aromatic heterocycles. The molecule has 110 valence electrons. The lowest BCUT2D eigenvalue weighted by Crippen LogP contribution is -2.45. The van der Waals surface area contributed by atoms with E-state index in [0.29, 0.717) is 12.8 Å². The van der Waals surface area contributed by atoms with Gasteiger partial charge in [0.25, 0.3) is 5.91 Å². The van der Waals surface area contributed by atoms with Crippen molar-refractivity contribution in [2.75, 3.05) is 7.11 Å². The van der Waals surface area contributed by atoms with E-state index < -0.39 is 5.60 Å². The van der Waals surface area contributed by atoms with Crippen LogP contribution in [-0.4, -0.2) is 23.7 Å². The second kappa shape index (κ2) is 6.14. The number of amides is 1. The molecule has 1 saturated carbocycles. The van der Waals surface area contributed by atoms with Gasteiger partial charge in [-0.25, -0.2) is 0 Å². The van der Waals surface area contributed by atoms with Gasteiger partial charge in [0.05, 0.1) is 17.6 Å². The second-order valence-corrected chi connectivity index (χ2v) is 6.18. The fraction of sp³-hybridized carbons (Fsp3) is 0.533. The first kappa shape index (κ1) is 15.3. The zero-order valence-electron chi connectivity index (χ0n) is 11.8. The lowest BCUT2D eigenvalue weighted by Gasteiger charge is -2.24. The molecule has 1 unspecified atom stereocenters. The van der Waals surface area contributed by atoms with Crippen LogP contribution in [0.4, 0.5) is 0 Å². The number of hydrogen-bond donors (Lipinski definition) is 2. The summed E-state index contributed by atoms with van der Waals surface area (Å²) in [4.78, 5) is 12.2. The summed E-state index contributed by atoms with van der Waals surface area (Å²) in [7, 11) is 1.61. The molecule has 5 heteroatoms. The summed E-state index contributed by atoms with van der Waals surface area (Å²) in [6, 6.07) is 5.52. The minimum atomic E-state index is -1.18. The first-order valence-electron chi connectivity index (χ1n) is 6.83. The molecule has 0 radical (unpaired) electrons. The number of hydrogen-bond acceptors (Lipinski definition) is 3. The van der Waals surface area contributed by atoms with Gasteiger partial charge in [-0.3, -0.25) is 4.79 Å². The molecular formula is C15H20BrNO3. The van der Waals surface area contributed by atoms with Crippen LogP contribution in [0, 0.1) is 0 Å². The summed E-state index contributed by atoms with van der Waals surface area (Å²) in [5.74, 6) is 0.483. The minimum absolute atomic E-state index is 0.158. The van der Waals surface area contributed by atoms with Gasteiger partial charge < -0.3 is 15.2 Å². The molecule has 1 aromatic rings. The minimum Gasteiger partial charge on any atom is -0.496 e. The molecule has 1 aliphatic carbocycles. The van der Waals surface area contributed by atoms with Crippen molar-refractivity contribution in [3.63, 3.8) is 0 Å². The van der Waals surface area contributed by atoms with Gasteiger partial charge in [-0.05, 0) is 66.2 Å². The fourth-order valence-corrected chi connectivity index (χ4v) is 3.11. The van der Waals surface area contributed by atoms with Gasteiger partial charge in [0.1, 0.15) is 11.4 Å². The SMILES string of the molecule is COc1ccc(C(C)NC(=O)C2(O)CCCC2)cc1Br.